The van der Waals surface area contributed by atoms with Crippen molar-refractivity contribution >= 4 is 5.91 Å². The summed E-state index contributed by atoms with van der Waals surface area (Å²) in [6.07, 6.45) is 0.323. The number of methoxy groups -OCH3 is 1. The molecule has 0 aliphatic rings. The molecule has 0 unspecified atom stereocenters. The molecule has 0 saturated heterocycles. The Balaban J connectivity index is 2.48. The van der Waals surface area contributed by atoms with Crippen molar-refractivity contribution < 1.29 is 14.6 Å². The summed E-state index contributed by atoms with van der Waals surface area (Å²) < 4.78 is 5.22. The molecule has 0 aliphatic carbocycles. The Kier molecular flexibility index (Phi) is 6.23. The highest BCUT2D eigenvalue weighted by Gasteiger charge is 2.20. The molecule has 1 aromatic carbocycles. The maximum atomic E-state index is 11.8. The van der Waals surface area contributed by atoms with Gasteiger partial charge in [-0.2, -0.15) is 0 Å². The van der Waals surface area contributed by atoms with Crippen LogP contribution in [0.25, 0.3) is 0 Å². The Morgan fingerprint density at radius 1 is 1.35 bits per heavy atom. The van der Waals surface area contributed by atoms with Gasteiger partial charge in [-0.3, -0.25) is 4.79 Å². The molecule has 0 fully saturated rings. The monoisotopic (exact) mass is 275 g/mol. The summed E-state index contributed by atoms with van der Waals surface area (Å²) >= 11 is 0. The van der Waals surface area contributed by atoms with Crippen LogP contribution in [-0.4, -0.2) is 30.3 Å². The fraction of sp³-hybridized carbons (Fsp3) is 0.438. The molecule has 0 bridgehead atoms. The molecule has 4 nitrogen and oxygen atoms in total. The molecule has 1 aromatic rings. The molecule has 0 aromatic heterocycles. The van der Waals surface area contributed by atoms with Gasteiger partial charge in [-0.25, -0.2) is 0 Å². The number of carbonyl (C=O) groups excluding carboxylic acids is 1. The molecule has 20 heavy (non-hydrogen) atoms. The third-order valence-electron chi connectivity index (χ3n) is 2.89. The Morgan fingerprint density at radius 3 is 2.55 bits per heavy atom. The van der Waals surface area contributed by atoms with E-state index in [1.54, 1.807) is 7.11 Å². The maximum Gasteiger partial charge on any atom is 0.223 e. The number of aliphatic hydroxyl groups excluding tert-OH is 1. The zero-order chi connectivity index (χ0) is 15.0. The quantitative estimate of drug-likeness (QED) is 0.800. The average Bonchev–Trinajstić information content (AvgIpc) is 2.43. The van der Waals surface area contributed by atoms with Crippen LogP contribution in [0, 0.1) is 11.8 Å². The fourth-order valence-corrected chi connectivity index (χ4v) is 1.57. The molecule has 4 heteroatoms. The summed E-state index contributed by atoms with van der Waals surface area (Å²) in [5, 5.41) is 11.5. The average molecular weight is 275 g/mol. The van der Waals surface area contributed by atoms with E-state index >= 15 is 0 Å². The van der Waals surface area contributed by atoms with Crippen molar-refractivity contribution in [3.8, 4) is 11.8 Å². The highest BCUT2D eigenvalue weighted by molar-refractivity contribution is 5.76. The molecule has 0 saturated carbocycles. The Labute approximate surface area is 120 Å². The zero-order valence-corrected chi connectivity index (χ0v) is 12.2. The summed E-state index contributed by atoms with van der Waals surface area (Å²) in [6, 6.07) is 7.54. The number of benzene rings is 1. The van der Waals surface area contributed by atoms with Gasteiger partial charge in [0, 0.05) is 19.2 Å². The van der Waals surface area contributed by atoms with Crippen molar-refractivity contribution in [2.75, 3.05) is 13.7 Å². The molecular formula is C16H21NO3. The third-order valence-corrected chi connectivity index (χ3v) is 2.89. The van der Waals surface area contributed by atoms with Gasteiger partial charge >= 0.3 is 0 Å². The van der Waals surface area contributed by atoms with Crippen LogP contribution in [0.3, 0.4) is 0 Å². The summed E-state index contributed by atoms with van der Waals surface area (Å²) in [7, 11) is 1.60. The zero-order valence-electron chi connectivity index (χ0n) is 12.2. The molecule has 0 aliphatic heterocycles. The van der Waals surface area contributed by atoms with Crippen molar-refractivity contribution in [3.05, 3.63) is 35.4 Å². The molecule has 0 radical (unpaired) electrons. The van der Waals surface area contributed by atoms with E-state index in [0.29, 0.717) is 13.0 Å². The summed E-state index contributed by atoms with van der Waals surface area (Å²) in [6.45, 7) is 4.09. The lowest BCUT2D eigenvalue weighted by Gasteiger charge is -2.21. The van der Waals surface area contributed by atoms with Crippen LogP contribution in [0.15, 0.2) is 24.3 Å². The lowest BCUT2D eigenvalue weighted by atomic mass is 10.0. The van der Waals surface area contributed by atoms with Crippen molar-refractivity contribution in [3.63, 3.8) is 0 Å². The largest absolute Gasteiger partial charge is 0.384 e. The molecule has 0 atom stereocenters. The van der Waals surface area contributed by atoms with Gasteiger partial charge in [0.2, 0.25) is 5.91 Å². The van der Waals surface area contributed by atoms with Crippen LogP contribution < -0.4 is 5.32 Å². The lowest BCUT2D eigenvalue weighted by Crippen LogP contribution is -2.33. The molecular weight excluding hydrogens is 254 g/mol. The van der Waals surface area contributed by atoms with Gasteiger partial charge in [-0.1, -0.05) is 24.0 Å². The van der Waals surface area contributed by atoms with E-state index in [9.17, 15) is 4.79 Å². The fourth-order valence-electron chi connectivity index (χ4n) is 1.57. The minimum absolute atomic E-state index is 0.0407. The van der Waals surface area contributed by atoms with E-state index in [-0.39, 0.29) is 12.5 Å². The Hall–Kier alpha value is -1.83. The second kappa shape index (κ2) is 7.68. The molecule has 108 valence electrons. The molecule has 2 N–H and O–H groups in total. The van der Waals surface area contributed by atoms with Crippen LogP contribution in [-0.2, 0) is 16.1 Å². The van der Waals surface area contributed by atoms with E-state index in [1.165, 1.54) is 0 Å². The second-order valence-corrected chi connectivity index (χ2v) is 5.07. The molecule has 0 spiro atoms. The molecule has 0 heterocycles. The van der Waals surface area contributed by atoms with E-state index in [2.05, 4.69) is 17.2 Å². The first-order chi connectivity index (χ1) is 9.46. The number of carbonyl (C=O) groups is 1. The number of amides is 1. The number of hydrogen-bond donors (Lipinski definition) is 2. The number of ether oxygens (including phenoxy) is 1. The minimum atomic E-state index is -0.451. The summed E-state index contributed by atoms with van der Waals surface area (Å²) in [5.74, 6) is 5.37. The van der Waals surface area contributed by atoms with Gasteiger partial charge in [0.1, 0.15) is 6.61 Å². The topological polar surface area (TPSA) is 58.6 Å². The number of nitrogens with one attached hydrogen (secondary N) is 1. The number of hydrogen-bond acceptors (Lipinski definition) is 3. The first kappa shape index (κ1) is 16.2. The van der Waals surface area contributed by atoms with Gasteiger partial charge in [0.25, 0.3) is 0 Å². The van der Waals surface area contributed by atoms with E-state index in [4.69, 9.17) is 9.84 Å². The van der Waals surface area contributed by atoms with Gasteiger partial charge in [-0.15, -0.1) is 0 Å². The van der Waals surface area contributed by atoms with Crippen LogP contribution in [0.5, 0.6) is 0 Å². The van der Waals surface area contributed by atoms with Crippen molar-refractivity contribution in [2.24, 2.45) is 0 Å². The summed E-state index contributed by atoms with van der Waals surface area (Å²) in [5.41, 5.74) is 1.39. The predicted molar refractivity (Wildman–Crippen MR) is 78.0 cm³/mol. The Bertz CT molecular complexity index is 495. The van der Waals surface area contributed by atoms with E-state index in [0.717, 1.165) is 11.1 Å². The highest BCUT2D eigenvalue weighted by Crippen LogP contribution is 2.12. The summed E-state index contributed by atoms with van der Waals surface area (Å²) in [4.78, 5) is 11.8. The van der Waals surface area contributed by atoms with Crippen LogP contribution in [0.2, 0.25) is 0 Å². The Morgan fingerprint density at radius 2 is 2.00 bits per heavy atom. The van der Waals surface area contributed by atoms with E-state index in [1.807, 2.05) is 38.1 Å². The van der Waals surface area contributed by atoms with Gasteiger partial charge < -0.3 is 15.2 Å². The van der Waals surface area contributed by atoms with Gasteiger partial charge in [-0.05, 0) is 31.5 Å². The van der Waals surface area contributed by atoms with Gasteiger partial charge in [0.15, 0.2) is 0 Å². The van der Waals surface area contributed by atoms with Crippen LogP contribution in [0.1, 0.15) is 31.4 Å². The standard InChI is InChI=1S/C16H21NO3/c1-16(2,20-3)11-15(19)17-12-14-8-6-13(7-9-14)5-4-10-18/h6-9,18H,10-12H2,1-3H3,(H,17,19). The van der Waals surface area contributed by atoms with Gasteiger partial charge in [0.05, 0.1) is 12.0 Å². The lowest BCUT2D eigenvalue weighted by molar-refractivity contribution is -0.126. The normalized spacial score (nSPS) is 10.6. The van der Waals surface area contributed by atoms with Crippen molar-refractivity contribution in [1.29, 1.82) is 0 Å². The highest BCUT2D eigenvalue weighted by atomic mass is 16.5. The first-order valence-corrected chi connectivity index (χ1v) is 6.47. The first-order valence-electron chi connectivity index (χ1n) is 6.47. The number of rotatable bonds is 5. The predicted octanol–water partition coefficient (Wildman–Crippen LogP) is 1.46. The maximum absolute atomic E-state index is 11.8. The number of aliphatic hydroxyl groups is 1. The van der Waals surface area contributed by atoms with Crippen LogP contribution in [0.4, 0.5) is 0 Å². The van der Waals surface area contributed by atoms with E-state index < -0.39 is 5.60 Å². The SMILES string of the molecule is COC(C)(C)CC(=O)NCc1ccc(C#CCO)cc1. The minimum Gasteiger partial charge on any atom is -0.384 e. The molecule has 1 amide bonds. The molecule has 1 rings (SSSR count). The van der Waals surface area contributed by atoms with Crippen molar-refractivity contribution in [2.45, 2.75) is 32.4 Å². The van der Waals surface area contributed by atoms with Crippen LogP contribution >= 0.6 is 0 Å². The third kappa shape index (κ3) is 5.87. The smallest absolute Gasteiger partial charge is 0.223 e. The second-order valence-electron chi connectivity index (χ2n) is 5.07. The van der Waals surface area contributed by atoms with Crippen molar-refractivity contribution in [1.82, 2.24) is 5.32 Å².